The Morgan fingerprint density at radius 1 is 1.00 bits per heavy atom. The molecule has 0 bridgehead atoms. The third-order valence-corrected chi connectivity index (χ3v) is 4.19. The normalized spacial score (nSPS) is 11.3. The molecular formula is C15H17NaO3S. The molecule has 0 aliphatic carbocycles. The Bertz CT molecular complexity index is 681. The van der Waals surface area contributed by atoms with Crippen LogP contribution in [0.3, 0.4) is 0 Å². The molecule has 0 aliphatic heterocycles. The zero-order chi connectivity index (χ0) is 13.9. The number of rotatable bonds is 5. The van der Waals surface area contributed by atoms with Crippen LogP contribution in [0, 0.1) is 0 Å². The molecule has 2 aromatic rings. The molecule has 0 aromatic heterocycles. The molecule has 0 atom stereocenters. The molecule has 0 aliphatic rings. The second-order valence-corrected chi connectivity index (χ2v) is 6.03. The van der Waals surface area contributed by atoms with Crippen LogP contribution < -0.4 is 29.6 Å². The van der Waals surface area contributed by atoms with E-state index >= 15 is 0 Å². The molecule has 0 saturated heterocycles. The van der Waals surface area contributed by atoms with Crippen LogP contribution in [-0.2, 0) is 16.5 Å². The Hall–Kier alpha value is -0.390. The Balaban J connectivity index is 0.00000200. The monoisotopic (exact) mass is 300 g/mol. The van der Waals surface area contributed by atoms with Crippen molar-refractivity contribution < 1.29 is 42.5 Å². The fraction of sp³-hybridized carbons (Fsp3) is 0.333. The number of unbranched alkanes of at least 4 members (excludes halogenated alkanes) is 2. The van der Waals surface area contributed by atoms with Gasteiger partial charge in [-0.1, -0.05) is 50.1 Å². The molecule has 102 valence electrons. The molecule has 0 saturated carbocycles. The average Bonchev–Trinajstić information content (AvgIpc) is 2.37. The fourth-order valence-electron chi connectivity index (χ4n) is 2.34. The molecular weight excluding hydrogens is 283 g/mol. The van der Waals surface area contributed by atoms with Gasteiger partial charge in [-0.15, -0.1) is 0 Å². The van der Waals surface area contributed by atoms with E-state index in [1.807, 2.05) is 12.1 Å². The number of aryl methyl sites for hydroxylation is 1. The largest absolute Gasteiger partial charge is 1.00 e. The first-order chi connectivity index (χ1) is 9.04. The maximum atomic E-state index is 11.3. The van der Waals surface area contributed by atoms with Gasteiger partial charge in [0.05, 0.1) is 4.90 Å². The minimum Gasteiger partial charge on any atom is -0.744 e. The predicted octanol–water partition coefficient (Wildman–Crippen LogP) is 0.481. The Labute approximate surface area is 142 Å². The molecule has 2 rings (SSSR count). The van der Waals surface area contributed by atoms with Crippen molar-refractivity contribution in [1.29, 1.82) is 0 Å². The van der Waals surface area contributed by atoms with Crippen molar-refractivity contribution in [2.75, 3.05) is 0 Å². The molecule has 3 nitrogen and oxygen atoms in total. The van der Waals surface area contributed by atoms with Gasteiger partial charge in [0.1, 0.15) is 10.1 Å². The summed E-state index contributed by atoms with van der Waals surface area (Å²) < 4.78 is 33.8. The first kappa shape index (κ1) is 17.7. The molecule has 0 radical (unpaired) electrons. The summed E-state index contributed by atoms with van der Waals surface area (Å²) in [5.74, 6) is 0. The zero-order valence-corrected chi connectivity index (χ0v) is 14.7. The van der Waals surface area contributed by atoms with Crippen LogP contribution in [0.25, 0.3) is 10.8 Å². The summed E-state index contributed by atoms with van der Waals surface area (Å²) in [6, 6.07) is 10.4. The topological polar surface area (TPSA) is 57.2 Å². The molecule has 0 unspecified atom stereocenters. The van der Waals surface area contributed by atoms with E-state index < -0.39 is 10.1 Å². The van der Waals surface area contributed by atoms with Crippen molar-refractivity contribution in [3.63, 3.8) is 0 Å². The van der Waals surface area contributed by atoms with E-state index in [4.69, 9.17) is 0 Å². The van der Waals surface area contributed by atoms with Crippen molar-refractivity contribution in [3.05, 3.63) is 42.0 Å². The van der Waals surface area contributed by atoms with E-state index in [1.165, 1.54) is 6.07 Å². The van der Waals surface area contributed by atoms with Gasteiger partial charge in [-0.2, -0.15) is 0 Å². The third kappa shape index (κ3) is 4.06. The van der Waals surface area contributed by atoms with Gasteiger partial charge in [0.2, 0.25) is 0 Å². The van der Waals surface area contributed by atoms with Crippen molar-refractivity contribution >= 4 is 20.9 Å². The van der Waals surface area contributed by atoms with E-state index in [0.29, 0.717) is 5.39 Å². The Morgan fingerprint density at radius 3 is 2.25 bits per heavy atom. The number of hydrogen-bond donors (Lipinski definition) is 0. The molecule has 2 aromatic carbocycles. The molecule has 0 N–H and O–H groups in total. The van der Waals surface area contributed by atoms with Crippen molar-refractivity contribution in [3.8, 4) is 0 Å². The maximum absolute atomic E-state index is 11.3. The van der Waals surface area contributed by atoms with Crippen molar-refractivity contribution in [2.24, 2.45) is 0 Å². The minimum atomic E-state index is -4.42. The van der Waals surface area contributed by atoms with Crippen LogP contribution in [0.5, 0.6) is 0 Å². The molecule has 5 heteroatoms. The van der Waals surface area contributed by atoms with Gasteiger partial charge in [-0.25, -0.2) is 8.42 Å². The standard InChI is InChI=1S/C15H18O3S.Na/c1-2-3-4-7-12-10-11-15(19(16,17)18)14-9-6-5-8-13(12)14;/h5-6,8-11H,2-4,7H2,1H3,(H,16,17,18);/q;+1/p-1. The van der Waals surface area contributed by atoms with Gasteiger partial charge in [0.15, 0.2) is 0 Å². The molecule has 0 spiro atoms. The summed E-state index contributed by atoms with van der Waals surface area (Å²) in [4.78, 5) is -0.123. The molecule has 0 amide bonds. The van der Waals surface area contributed by atoms with Gasteiger partial charge < -0.3 is 4.55 Å². The van der Waals surface area contributed by atoms with Crippen LogP contribution in [0.15, 0.2) is 41.3 Å². The van der Waals surface area contributed by atoms with E-state index in [-0.39, 0.29) is 34.5 Å². The Kier molecular flexibility index (Phi) is 6.69. The van der Waals surface area contributed by atoms with E-state index in [2.05, 4.69) is 6.92 Å². The summed E-state index contributed by atoms with van der Waals surface area (Å²) in [5, 5.41) is 1.40. The summed E-state index contributed by atoms with van der Waals surface area (Å²) in [6.07, 6.45) is 4.28. The van der Waals surface area contributed by atoms with Crippen molar-refractivity contribution in [1.82, 2.24) is 0 Å². The van der Waals surface area contributed by atoms with Crippen molar-refractivity contribution in [2.45, 2.75) is 37.5 Å². The summed E-state index contributed by atoms with van der Waals surface area (Å²) >= 11 is 0. The first-order valence-electron chi connectivity index (χ1n) is 6.50. The maximum Gasteiger partial charge on any atom is 1.00 e. The number of hydrogen-bond acceptors (Lipinski definition) is 3. The smallest absolute Gasteiger partial charge is 0.744 e. The van der Waals surface area contributed by atoms with Gasteiger partial charge in [-0.05, 0) is 35.2 Å². The van der Waals surface area contributed by atoms with Crippen LogP contribution in [0.1, 0.15) is 31.7 Å². The summed E-state index contributed by atoms with van der Waals surface area (Å²) in [7, 11) is -4.42. The summed E-state index contributed by atoms with van der Waals surface area (Å²) in [5.41, 5.74) is 1.11. The van der Waals surface area contributed by atoms with E-state index in [0.717, 1.165) is 36.6 Å². The SMILES string of the molecule is CCCCCc1ccc(S(=O)(=O)[O-])c2ccccc12.[Na+]. The Morgan fingerprint density at radius 2 is 1.65 bits per heavy atom. The van der Waals surface area contributed by atoms with Gasteiger partial charge in [0, 0.05) is 0 Å². The van der Waals surface area contributed by atoms with Gasteiger partial charge in [0.25, 0.3) is 0 Å². The van der Waals surface area contributed by atoms with Crippen LogP contribution in [-0.4, -0.2) is 13.0 Å². The second-order valence-electron chi connectivity index (χ2n) is 4.68. The fourth-order valence-corrected chi connectivity index (χ4v) is 3.02. The van der Waals surface area contributed by atoms with Crippen LogP contribution >= 0.6 is 0 Å². The summed E-state index contributed by atoms with van der Waals surface area (Å²) in [6.45, 7) is 2.14. The van der Waals surface area contributed by atoms with E-state index in [1.54, 1.807) is 18.2 Å². The first-order valence-corrected chi connectivity index (χ1v) is 7.91. The van der Waals surface area contributed by atoms with Crippen LogP contribution in [0.2, 0.25) is 0 Å². The van der Waals surface area contributed by atoms with Gasteiger partial charge in [-0.3, -0.25) is 0 Å². The quantitative estimate of drug-likeness (QED) is 0.458. The minimum absolute atomic E-state index is 0. The molecule has 0 heterocycles. The third-order valence-electron chi connectivity index (χ3n) is 3.29. The van der Waals surface area contributed by atoms with Gasteiger partial charge >= 0.3 is 29.6 Å². The molecule has 0 fully saturated rings. The zero-order valence-electron chi connectivity index (χ0n) is 11.9. The van der Waals surface area contributed by atoms with Crippen LogP contribution in [0.4, 0.5) is 0 Å². The number of fused-ring (bicyclic) bond motifs is 1. The van der Waals surface area contributed by atoms with E-state index in [9.17, 15) is 13.0 Å². The second kappa shape index (κ2) is 7.57. The average molecular weight is 300 g/mol. The predicted molar refractivity (Wildman–Crippen MR) is 75.1 cm³/mol. The number of benzene rings is 2. The molecule has 20 heavy (non-hydrogen) atoms.